The van der Waals surface area contributed by atoms with Gasteiger partial charge in [0.15, 0.2) is 0 Å². The van der Waals surface area contributed by atoms with Crippen molar-refractivity contribution >= 4 is 16.9 Å². The molecule has 0 spiro atoms. The molecule has 0 amide bonds. The van der Waals surface area contributed by atoms with Crippen LogP contribution in [0, 0.1) is 17.7 Å². The van der Waals surface area contributed by atoms with E-state index in [-0.39, 0.29) is 17.8 Å². The standard InChI is InChI=1S/C38H36FNO4/c1-22(38(41)42)35(23-10-11-23)25-7-4-8-27(20-25)44-34-17-15-29-28(34)13-14-30(32-21-26(43-3)12-16-33(32)39)36(29)31-9-5-6-24-18-19-40(2)37(24)31/h4-9,12-14,16,18-23,34-35H,10-11,15,17H2,1-3H3,(H,41,42). The average molecular weight is 590 g/mol. The van der Waals surface area contributed by atoms with Gasteiger partial charge in [0.25, 0.3) is 0 Å². The Morgan fingerprint density at radius 2 is 1.75 bits per heavy atom. The second-order valence-corrected chi connectivity index (χ2v) is 12.3. The van der Waals surface area contributed by atoms with Crippen LogP contribution in [0.1, 0.15) is 54.9 Å². The lowest BCUT2D eigenvalue weighted by Crippen LogP contribution is -2.20. The predicted molar refractivity (Wildman–Crippen MR) is 171 cm³/mol. The smallest absolute Gasteiger partial charge is 0.306 e. The topological polar surface area (TPSA) is 60.7 Å². The number of hydrogen-bond acceptors (Lipinski definition) is 3. The minimum atomic E-state index is -0.762. The van der Waals surface area contributed by atoms with Gasteiger partial charge in [-0.25, -0.2) is 4.39 Å². The first kappa shape index (κ1) is 28.2. The fourth-order valence-electron chi connectivity index (χ4n) is 7.25. The molecule has 0 bridgehead atoms. The fourth-order valence-corrected chi connectivity index (χ4v) is 7.25. The van der Waals surface area contributed by atoms with E-state index in [4.69, 9.17) is 9.47 Å². The number of aromatic nitrogens is 1. The molecule has 44 heavy (non-hydrogen) atoms. The zero-order valence-corrected chi connectivity index (χ0v) is 25.2. The Balaban J connectivity index is 1.32. The normalized spacial score (nSPS) is 17.3. The van der Waals surface area contributed by atoms with Crippen LogP contribution in [0.5, 0.6) is 11.5 Å². The van der Waals surface area contributed by atoms with Crippen LogP contribution in [0.2, 0.25) is 0 Å². The minimum Gasteiger partial charge on any atom is -0.497 e. The first-order chi connectivity index (χ1) is 21.3. The zero-order valence-electron chi connectivity index (χ0n) is 25.2. The van der Waals surface area contributed by atoms with E-state index in [9.17, 15) is 9.90 Å². The van der Waals surface area contributed by atoms with Crippen molar-refractivity contribution in [2.45, 2.75) is 44.6 Å². The summed E-state index contributed by atoms with van der Waals surface area (Å²) in [6.07, 6.45) is 5.59. The Bertz CT molecular complexity index is 1890. The highest BCUT2D eigenvalue weighted by Crippen LogP contribution is 2.49. The van der Waals surface area contributed by atoms with Gasteiger partial charge < -0.3 is 19.1 Å². The van der Waals surface area contributed by atoms with Gasteiger partial charge in [0, 0.05) is 29.8 Å². The van der Waals surface area contributed by atoms with Gasteiger partial charge in [0.2, 0.25) is 0 Å². The molecule has 7 rings (SSSR count). The van der Waals surface area contributed by atoms with E-state index < -0.39 is 11.9 Å². The van der Waals surface area contributed by atoms with Crippen LogP contribution in [-0.2, 0) is 18.3 Å². The number of aliphatic carboxylic acids is 1. The van der Waals surface area contributed by atoms with Crippen LogP contribution in [0.15, 0.2) is 85.1 Å². The van der Waals surface area contributed by atoms with Crippen molar-refractivity contribution in [3.8, 4) is 33.8 Å². The molecule has 0 saturated heterocycles. The molecule has 3 atom stereocenters. The van der Waals surface area contributed by atoms with E-state index in [0.29, 0.717) is 17.2 Å². The molecule has 2 aliphatic rings. The number of carbonyl (C=O) groups is 1. The molecule has 1 aromatic heterocycles. The first-order valence-corrected chi connectivity index (χ1v) is 15.4. The highest BCUT2D eigenvalue weighted by Gasteiger charge is 2.39. The van der Waals surface area contributed by atoms with Crippen LogP contribution in [0.4, 0.5) is 4.39 Å². The van der Waals surface area contributed by atoms with Gasteiger partial charge in [-0.1, -0.05) is 49.4 Å². The number of para-hydroxylation sites is 1. The average Bonchev–Trinajstić information content (AvgIpc) is 3.67. The van der Waals surface area contributed by atoms with Gasteiger partial charge in [0.1, 0.15) is 23.4 Å². The van der Waals surface area contributed by atoms with E-state index in [1.807, 2.05) is 44.3 Å². The molecule has 1 N–H and O–H groups in total. The number of methoxy groups -OCH3 is 1. The Labute approximate surface area is 256 Å². The van der Waals surface area contributed by atoms with Crippen molar-refractivity contribution in [1.29, 1.82) is 0 Å². The Hall–Kier alpha value is -4.58. The highest BCUT2D eigenvalue weighted by molar-refractivity contribution is 6.00. The molecule has 4 aromatic carbocycles. The highest BCUT2D eigenvalue weighted by atomic mass is 19.1. The Morgan fingerprint density at radius 1 is 0.932 bits per heavy atom. The number of hydrogen-bond donors (Lipinski definition) is 1. The van der Waals surface area contributed by atoms with E-state index in [1.165, 1.54) is 6.07 Å². The molecule has 5 nitrogen and oxygen atoms in total. The summed E-state index contributed by atoms with van der Waals surface area (Å²) < 4.78 is 29.8. The summed E-state index contributed by atoms with van der Waals surface area (Å²) in [6.45, 7) is 1.81. The molecule has 224 valence electrons. The van der Waals surface area contributed by atoms with Crippen molar-refractivity contribution in [2.75, 3.05) is 7.11 Å². The van der Waals surface area contributed by atoms with Crippen LogP contribution in [0.25, 0.3) is 33.2 Å². The molecule has 5 aromatic rings. The second-order valence-electron chi connectivity index (χ2n) is 12.3. The lowest BCUT2D eigenvalue weighted by Gasteiger charge is -2.23. The fraction of sp³-hybridized carbons (Fsp3) is 0.289. The lowest BCUT2D eigenvalue weighted by molar-refractivity contribution is -0.142. The number of carboxylic acids is 1. The largest absolute Gasteiger partial charge is 0.497 e. The van der Waals surface area contributed by atoms with Gasteiger partial charge >= 0.3 is 5.97 Å². The number of carboxylic acid groups (broad SMARTS) is 1. The number of aryl methyl sites for hydroxylation is 1. The molecule has 2 aliphatic carbocycles. The van der Waals surface area contributed by atoms with Crippen LogP contribution < -0.4 is 9.47 Å². The maximum Gasteiger partial charge on any atom is 0.306 e. The molecule has 0 radical (unpaired) electrons. The number of benzene rings is 4. The number of rotatable bonds is 9. The summed E-state index contributed by atoms with van der Waals surface area (Å²) in [4.78, 5) is 11.9. The van der Waals surface area contributed by atoms with Crippen molar-refractivity contribution < 1.29 is 23.8 Å². The molecular weight excluding hydrogens is 553 g/mol. The third kappa shape index (κ3) is 4.92. The Morgan fingerprint density at radius 3 is 2.52 bits per heavy atom. The lowest BCUT2D eigenvalue weighted by atomic mass is 9.83. The Kier molecular flexibility index (Phi) is 7.16. The third-order valence-electron chi connectivity index (χ3n) is 9.56. The van der Waals surface area contributed by atoms with E-state index in [0.717, 1.165) is 75.7 Å². The van der Waals surface area contributed by atoms with E-state index in [1.54, 1.807) is 19.2 Å². The van der Waals surface area contributed by atoms with E-state index in [2.05, 4.69) is 41.1 Å². The quantitative estimate of drug-likeness (QED) is 0.186. The van der Waals surface area contributed by atoms with Crippen molar-refractivity contribution in [1.82, 2.24) is 4.57 Å². The maximum absolute atomic E-state index is 15.5. The van der Waals surface area contributed by atoms with Gasteiger partial charge in [-0.2, -0.15) is 0 Å². The third-order valence-corrected chi connectivity index (χ3v) is 9.56. The van der Waals surface area contributed by atoms with Gasteiger partial charge in [-0.3, -0.25) is 4.79 Å². The molecule has 6 heteroatoms. The van der Waals surface area contributed by atoms with Crippen LogP contribution in [-0.4, -0.2) is 22.8 Å². The number of ether oxygens (including phenoxy) is 2. The summed E-state index contributed by atoms with van der Waals surface area (Å²) in [5.41, 5.74) is 7.79. The maximum atomic E-state index is 15.5. The van der Waals surface area contributed by atoms with Crippen molar-refractivity contribution in [2.24, 2.45) is 18.9 Å². The molecular formula is C38H36FNO4. The van der Waals surface area contributed by atoms with Crippen molar-refractivity contribution in [3.63, 3.8) is 0 Å². The number of fused-ring (bicyclic) bond motifs is 2. The predicted octanol–water partition coefficient (Wildman–Crippen LogP) is 8.94. The molecule has 1 heterocycles. The molecule has 3 unspecified atom stereocenters. The monoisotopic (exact) mass is 589 g/mol. The summed E-state index contributed by atoms with van der Waals surface area (Å²) in [5, 5.41) is 10.9. The molecule has 0 aliphatic heterocycles. The first-order valence-electron chi connectivity index (χ1n) is 15.4. The number of halogens is 1. The minimum absolute atomic E-state index is 0.0235. The van der Waals surface area contributed by atoms with Crippen LogP contribution >= 0.6 is 0 Å². The summed E-state index contributed by atoms with van der Waals surface area (Å²) in [6, 6.07) is 25.4. The van der Waals surface area contributed by atoms with Crippen LogP contribution in [0.3, 0.4) is 0 Å². The summed E-state index contributed by atoms with van der Waals surface area (Å²) in [7, 11) is 3.64. The SMILES string of the molecule is COc1ccc(F)c(-c2ccc3c(c2-c2cccc4ccn(C)c24)CCC3Oc2cccc(C(C3CC3)C(C)C(=O)O)c2)c1. The molecule has 1 fully saturated rings. The van der Waals surface area contributed by atoms with Gasteiger partial charge in [-0.15, -0.1) is 0 Å². The zero-order chi connectivity index (χ0) is 30.5. The number of nitrogens with zero attached hydrogens (tertiary/aromatic N) is 1. The van der Waals surface area contributed by atoms with E-state index >= 15 is 4.39 Å². The molecule has 1 saturated carbocycles. The second kappa shape index (κ2) is 11.2. The van der Waals surface area contributed by atoms with Gasteiger partial charge in [-0.05, 0) is 102 Å². The summed E-state index contributed by atoms with van der Waals surface area (Å²) in [5.74, 6) is 0.219. The van der Waals surface area contributed by atoms with Crippen molar-refractivity contribution in [3.05, 3.63) is 108 Å². The summed E-state index contributed by atoms with van der Waals surface area (Å²) >= 11 is 0. The van der Waals surface area contributed by atoms with Gasteiger partial charge in [0.05, 0.1) is 18.5 Å².